The summed E-state index contributed by atoms with van der Waals surface area (Å²) in [4.78, 5) is 14.0. The molecule has 0 aromatic heterocycles. The standard InChI is InChI=1S/C16H24N2O2/c1-3-13-6-4-5-7-15(13)20-12-16(19)18(2)14-8-10-17-11-9-14/h4-7,14,17H,3,8-12H2,1-2H3. The van der Waals surface area contributed by atoms with Crippen LogP contribution in [-0.2, 0) is 11.2 Å². The van der Waals surface area contributed by atoms with Gasteiger partial charge in [0.1, 0.15) is 5.75 Å². The second-order valence-electron chi connectivity index (χ2n) is 5.24. The van der Waals surface area contributed by atoms with Crippen LogP contribution in [0.1, 0.15) is 25.3 Å². The van der Waals surface area contributed by atoms with Crippen molar-refractivity contribution >= 4 is 5.91 Å². The molecule has 1 aromatic rings. The number of hydrogen-bond acceptors (Lipinski definition) is 3. The van der Waals surface area contributed by atoms with E-state index in [1.54, 1.807) is 0 Å². The molecule has 1 saturated heterocycles. The molecule has 0 spiro atoms. The molecule has 4 heteroatoms. The number of benzene rings is 1. The third-order valence-corrected chi connectivity index (χ3v) is 3.95. The van der Waals surface area contributed by atoms with Crippen molar-refractivity contribution in [3.05, 3.63) is 29.8 Å². The summed E-state index contributed by atoms with van der Waals surface area (Å²) in [5.41, 5.74) is 1.14. The number of carbonyl (C=O) groups is 1. The first-order valence-electron chi connectivity index (χ1n) is 7.39. The highest BCUT2D eigenvalue weighted by Gasteiger charge is 2.22. The lowest BCUT2D eigenvalue weighted by atomic mass is 10.1. The molecule has 1 N–H and O–H groups in total. The van der Waals surface area contributed by atoms with E-state index in [0.29, 0.717) is 6.04 Å². The Labute approximate surface area is 121 Å². The van der Waals surface area contributed by atoms with Crippen molar-refractivity contribution in [2.24, 2.45) is 0 Å². The first-order valence-corrected chi connectivity index (χ1v) is 7.39. The average molecular weight is 276 g/mol. The summed E-state index contributed by atoms with van der Waals surface area (Å²) < 4.78 is 5.69. The van der Waals surface area contributed by atoms with Crippen LogP contribution in [0.3, 0.4) is 0 Å². The lowest BCUT2D eigenvalue weighted by Gasteiger charge is -2.31. The van der Waals surface area contributed by atoms with Gasteiger partial charge in [0.2, 0.25) is 0 Å². The summed E-state index contributed by atoms with van der Waals surface area (Å²) >= 11 is 0. The van der Waals surface area contributed by atoms with Crippen LogP contribution < -0.4 is 10.1 Å². The van der Waals surface area contributed by atoms with Crippen molar-refractivity contribution in [1.82, 2.24) is 10.2 Å². The summed E-state index contributed by atoms with van der Waals surface area (Å²) in [6.45, 7) is 4.19. The summed E-state index contributed by atoms with van der Waals surface area (Å²) in [6.07, 6.45) is 2.95. The molecule has 0 unspecified atom stereocenters. The fourth-order valence-electron chi connectivity index (χ4n) is 2.58. The molecular formula is C16H24N2O2. The molecule has 110 valence electrons. The fraction of sp³-hybridized carbons (Fsp3) is 0.562. The van der Waals surface area contributed by atoms with Crippen LogP contribution in [0, 0.1) is 0 Å². The maximum Gasteiger partial charge on any atom is 0.260 e. The van der Waals surface area contributed by atoms with Crippen molar-refractivity contribution in [2.45, 2.75) is 32.2 Å². The summed E-state index contributed by atoms with van der Waals surface area (Å²) in [7, 11) is 1.88. The number of nitrogens with zero attached hydrogens (tertiary/aromatic N) is 1. The lowest BCUT2D eigenvalue weighted by molar-refractivity contribution is -0.134. The topological polar surface area (TPSA) is 41.6 Å². The van der Waals surface area contributed by atoms with Crippen molar-refractivity contribution < 1.29 is 9.53 Å². The van der Waals surface area contributed by atoms with Gasteiger partial charge < -0.3 is 15.0 Å². The molecule has 0 bridgehead atoms. The first kappa shape index (κ1) is 14.9. The van der Waals surface area contributed by atoms with E-state index in [2.05, 4.69) is 12.2 Å². The molecule has 0 atom stereocenters. The van der Waals surface area contributed by atoms with Gasteiger partial charge in [0.15, 0.2) is 6.61 Å². The fourth-order valence-corrected chi connectivity index (χ4v) is 2.58. The zero-order chi connectivity index (χ0) is 14.4. The van der Waals surface area contributed by atoms with Crippen LogP contribution in [0.15, 0.2) is 24.3 Å². The van der Waals surface area contributed by atoms with Gasteiger partial charge in [0, 0.05) is 13.1 Å². The van der Waals surface area contributed by atoms with E-state index in [-0.39, 0.29) is 12.5 Å². The Bertz CT molecular complexity index is 442. The first-order chi connectivity index (χ1) is 9.72. The van der Waals surface area contributed by atoms with Gasteiger partial charge in [0.25, 0.3) is 5.91 Å². The largest absolute Gasteiger partial charge is 0.483 e. The minimum atomic E-state index is 0.0582. The lowest BCUT2D eigenvalue weighted by Crippen LogP contribution is -2.45. The van der Waals surface area contributed by atoms with E-state index in [0.717, 1.165) is 43.7 Å². The van der Waals surface area contributed by atoms with Crippen molar-refractivity contribution in [2.75, 3.05) is 26.7 Å². The Kier molecular flexibility index (Phi) is 5.41. The molecule has 1 heterocycles. The number of hydrogen-bond donors (Lipinski definition) is 1. The molecule has 1 amide bonds. The van der Waals surface area contributed by atoms with E-state index in [1.807, 2.05) is 36.2 Å². The average Bonchev–Trinajstić information content (AvgIpc) is 2.53. The summed E-state index contributed by atoms with van der Waals surface area (Å²) in [5.74, 6) is 0.880. The van der Waals surface area contributed by atoms with Gasteiger partial charge in [-0.25, -0.2) is 0 Å². The Morgan fingerprint density at radius 3 is 2.75 bits per heavy atom. The van der Waals surface area contributed by atoms with Gasteiger partial charge in [-0.05, 0) is 44.0 Å². The summed E-state index contributed by atoms with van der Waals surface area (Å²) in [6, 6.07) is 8.24. The van der Waals surface area contributed by atoms with E-state index >= 15 is 0 Å². The van der Waals surface area contributed by atoms with Crippen LogP contribution in [0.5, 0.6) is 5.75 Å². The predicted octanol–water partition coefficient (Wildman–Crippen LogP) is 1.84. The van der Waals surface area contributed by atoms with Gasteiger partial charge in [-0.3, -0.25) is 4.79 Å². The number of carbonyl (C=O) groups excluding carboxylic acids is 1. The second kappa shape index (κ2) is 7.29. The monoisotopic (exact) mass is 276 g/mol. The normalized spacial score (nSPS) is 15.9. The highest BCUT2D eigenvalue weighted by Crippen LogP contribution is 2.18. The van der Waals surface area contributed by atoms with E-state index < -0.39 is 0 Å². The number of likely N-dealkylation sites (N-methyl/N-ethyl adjacent to an activating group) is 1. The number of rotatable bonds is 5. The van der Waals surface area contributed by atoms with Gasteiger partial charge in [-0.2, -0.15) is 0 Å². The quantitative estimate of drug-likeness (QED) is 0.892. The zero-order valence-electron chi connectivity index (χ0n) is 12.4. The maximum atomic E-state index is 12.2. The highest BCUT2D eigenvalue weighted by molar-refractivity contribution is 5.77. The zero-order valence-corrected chi connectivity index (χ0v) is 12.4. The maximum absolute atomic E-state index is 12.2. The SMILES string of the molecule is CCc1ccccc1OCC(=O)N(C)C1CCNCC1. The molecular weight excluding hydrogens is 252 g/mol. The minimum Gasteiger partial charge on any atom is -0.483 e. The molecule has 4 nitrogen and oxygen atoms in total. The van der Waals surface area contributed by atoms with Crippen LogP contribution in [0.4, 0.5) is 0 Å². The number of para-hydroxylation sites is 1. The molecule has 1 aromatic carbocycles. The molecule has 1 aliphatic heterocycles. The van der Waals surface area contributed by atoms with Crippen molar-refractivity contribution in [3.63, 3.8) is 0 Å². The van der Waals surface area contributed by atoms with E-state index in [4.69, 9.17) is 4.74 Å². The Hall–Kier alpha value is -1.55. The third-order valence-electron chi connectivity index (χ3n) is 3.95. The number of amides is 1. The smallest absolute Gasteiger partial charge is 0.260 e. The van der Waals surface area contributed by atoms with E-state index in [1.165, 1.54) is 0 Å². The van der Waals surface area contributed by atoms with Crippen LogP contribution in [0.2, 0.25) is 0 Å². The van der Waals surface area contributed by atoms with Crippen LogP contribution in [0.25, 0.3) is 0 Å². The van der Waals surface area contributed by atoms with Crippen LogP contribution in [-0.4, -0.2) is 43.6 Å². The van der Waals surface area contributed by atoms with Gasteiger partial charge in [0.05, 0.1) is 0 Å². The highest BCUT2D eigenvalue weighted by atomic mass is 16.5. The van der Waals surface area contributed by atoms with Gasteiger partial charge in [-0.15, -0.1) is 0 Å². The van der Waals surface area contributed by atoms with Crippen molar-refractivity contribution in [3.8, 4) is 5.75 Å². The molecule has 20 heavy (non-hydrogen) atoms. The number of ether oxygens (including phenoxy) is 1. The number of aryl methyl sites for hydroxylation is 1. The van der Waals surface area contributed by atoms with Gasteiger partial charge >= 0.3 is 0 Å². The predicted molar refractivity (Wildman–Crippen MR) is 80.0 cm³/mol. The minimum absolute atomic E-state index is 0.0582. The van der Waals surface area contributed by atoms with E-state index in [9.17, 15) is 4.79 Å². The molecule has 1 fully saturated rings. The number of nitrogens with one attached hydrogen (secondary N) is 1. The molecule has 0 aliphatic carbocycles. The molecule has 2 rings (SSSR count). The molecule has 0 radical (unpaired) electrons. The summed E-state index contributed by atoms with van der Waals surface area (Å²) in [5, 5.41) is 3.31. The van der Waals surface area contributed by atoms with Gasteiger partial charge in [-0.1, -0.05) is 25.1 Å². The number of piperidine rings is 1. The third kappa shape index (κ3) is 3.73. The Morgan fingerprint density at radius 1 is 1.35 bits per heavy atom. The second-order valence-corrected chi connectivity index (χ2v) is 5.24. The molecule has 0 saturated carbocycles. The van der Waals surface area contributed by atoms with Crippen molar-refractivity contribution in [1.29, 1.82) is 0 Å². The Morgan fingerprint density at radius 2 is 2.05 bits per heavy atom. The Balaban J connectivity index is 1.87. The molecule has 1 aliphatic rings. The van der Waals surface area contributed by atoms with Crippen LogP contribution >= 0.6 is 0 Å².